The van der Waals surface area contributed by atoms with E-state index < -0.39 is 6.29 Å². The van der Waals surface area contributed by atoms with Crippen LogP contribution >= 0.6 is 0 Å². The van der Waals surface area contributed by atoms with E-state index in [1.807, 2.05) is 0 Å². The van der Waals surface area contributed by atoms with Gasteiger partial charge in [-0.05, 0) is 7.05 Å². The van der Waals surface area contributed by atoms with E-state index in [1.54, 1.807) is 30.5 Å². The lowest BCUT2D eigenvalue weighted by Crippen LogP contribution is -2.46. The van der Waals surface area contributed by atoms with Gasteiger partial charge < -0.3 is 11.5 Å². The van der Waals surface area contributed by atoms with Crippen LogP contribution in [0.1, 0.15) is 5.82 Å². The van der Waals surface area contributed by atoms with Gasteiger partial charge in [0, 0.05) is 12.4 Å². The van der Waals surface area contributed by atoms with Crippen molar-refractivity contribution in [2.24, 2.45) is 11.5 Å². The van der Waals surface area contributed by atoms with Crippen LogP contribution < -0.4 is 11.5 Å². The van der Waals surface area contributed by atoms with Crippen molar-refractivity contribution in [1.29, 1.82) is 0 Å². The molecule has 0 atom stereocenters. The van der Waals surface area contributed by atoms with Crippen LogP contribution in [-0.2, 0) is 6.54 Å². The summed E-state index contributed by atoms with van der Waals surface area (Å²) in [5, 5.41) is 0. The largest absolute Gasteiger partial charge is 0.304 e. The summed E-state index contributed by atoms with van der Waals surface area (Å²) in [5.74, 6) is 0.622. The average molecular weight is 219 g/mol. The summed E-state index contributed by atoms with van der Waals surface area (Å²) < 4.78 is 0. The summed E-state index contributed by atoms with van der Waals surface area (Å²) in [5.41, 5.74) is 12.3. The van der Waals surface area contributed by atoms with Crippen molar-refractivity contribution >= 4 is 11.2 Å². The minimum Gasteiger partial charge on any atom is -0.304 e. The topological polar surface area (TPSA) is 107 Å². The van der Waals surface area contributed by atoms with Gasteiger partial charge in [-0.15, -0.1) is 0 Å². The fourth-order valence-corrected chi connectivity index (χ4v) is 1.21. The van der Waals surface area contributed by atoms with Crippen molar-refractivity contribution in [3.63, 3.8) is 0 Å². The highest BCUT2D eigenvalue weighted by atomic mass is 15.3. The van der Waals surface area contributed by atoms with Gasteiger partial charge in [-0.1, -0.05) is 0 Å². The van der Waals surface area contributed by atoms with Crippen molar-refractivity contribution in [3.05, 3.63) is 24.4 Å². The Bertz CT molecular complexity index is 484. The van der Waals surface area contributed by atoms with Gasteiger partial charge in [-0.2, -0.15) is 0 Å². The first kappa shape index (κ1) is 10.8. The molecule has 0 aromatic carbocycles. The molecule has 16 heavy (non-hydrogen) atoms. The number of nitrogens with zero attached hydrogens (tertiary/aromatic N) is 5. The standard InChI is InChI=1S/C9H13N7/c1-16(9(10)11)5-7-14-4-6-8(15-7)13-3-2-12-6/h2-4,9H,5,10-11H2,1H3. The van der Waals surface area contributed by atoms with Crippen LogP contribution in [0.5, 0.6) is 0 Å². The molecule has 0 spiro atoms. The third kappa shape index (κ3) is 2.27. The van der Waals surface area contributed by atoms with Crippen LogP contribution in [0.3, 0.4) is 0 Å². The van der Waals surface area contributed by atoms with Gasteiger partial charge in [0.25, 0.3) is 0 Å². The van der Waals surface area contributed by atoms with E-state index in [9.17, 15) is 0 Å². The van der Waals surface area contributed by atoms with E-state index in [0.717, 1.165) is 0 Å². The number of nitrogens with two attached hydrogens (primary N) is 2. The minimum absolute atomic E-state index is 0.476. The molecule has 2 aromatic rings. The predicted octanol–water partition coefficient (Wildman–Crippen LogP) is -0.947. The average Bonchev–Trinajstić information content (AvgIpc) is 2.28. The lowest BCUT2D eigenvalue weighted by atomic mass is 10.4. The summed E-state index contributed by atoms with van der Waals surface area (Å²) in [6.07, 6.45) is 4.31. The Morgan fingerprint density at radius 2 is 2.00 bits per heavy atom. The Kier molecular flexibility index (Phi) is 3.00. The summed E-state index contributed by atoms with van der Waals surface area (Å²) >= 11 is 0. The second-order valence-electron chi connectivity index (χ2n) is 3.46. The van der Waals surface area contributed by atoms with Crippen LogP contribution in [0.25, 0.3) is 11.2 Å². The lowest BCUT2D eigenvalue weighted by Gasteiger charge is -2.19. The first-order valence-electron chi connectivity index (χ1n) is 4.81. The van der Waals surface area contributed by atoms with Gasteiger partial charge in [-0.3, -0.25) is 4.90 Å². The molecule has 7 heteroatoms. The summed E-state index contributed by atoms with van der Waals surface area (Å²) in [6.45, 7) is 0.476. The summed E-state index contributed by atoms with van der Waals surface area (Å²) in [7, 11) is 1.80. The number of hydrogen-bond acceptors (Lipinski definition) is 7. The number of hydrogen-bond donors (Lipinski definition) is 2. The van der Waals surface area contributed by atoms with Crippen LogP contribution in [0.2, 0.25) is 0 Å². The Labute approximate surface area is 92.5 Å². The van der Waals surface area contributed by atoms with E-state index in [0.29, 0.717) is 23.5 Å². The van der Waals surface area contributed by atoms with Crippen molar-refractivity contribution in [3.8, 4) is 0 Å². The predicted molar refractivity (Wildman–Crippen MR) is 58.8 cm³/mol. The molecule has 0 radical (unpaired) electrons. The highest BCUT2D eigenvalue weighted by Crippen LogP contribution is 2.04. The highest BCUT2D eigenvalue weighted by molar-refractivity contribution is 5.67. The lowest BCUT2D eigenvalue weighted by molar-refractivity contribution is 0.238. The molecule has 0 fully saturated rings. The van der Waals surface area contributed by atoms with Crippen LogP contribution in [0.15, 0.2) is 18.6 Å². The molecule has 0 aliphatic carbocycles. The maximum atomic E-state index is 5.52. The van der Waals surface area contributed by atoms with Crippen molar-refractivity contribution in [1.82, 2.24) is 24.8 Å². The van der Waals surface area contributed by atoms with E-state index in [1.165, 1.54) is 0 Å². The van der Waals surface area contributed by atoms with Crippen LogP contribution in [0.4, 0.5) is 0 Å². The zero-order chi connectivity index (χ0) is 11.5. The molecule has 0 saturated carbocycles. The molecule has 0 aliphatic rings. The van der Waals surface area contributed by atoms with Gasteiger partial charge >= 0.3 is 0 Å². The Balaban J connectivity index is 2.26. The molecule has 0 amide bonds. The van der Waals surface area contributed by atoms with Crippen LogP contribution in [-0.4, -0.2) is 38.2 Å². The molecule has 2 rings (SSSR count). The molecule has 4 N–H and O–H groups in total. The minimum atomic E-state index is -0.527. The zero-order valence-electron chi connectivity index (χ0n) is 8.91. The van der Waals surface area contributed by atoms with Gasteiger partial charge in [0.05, 0.1) is 12.7 Å². The molecule has 7 nitrogen and oxygen atoms in total. The molecular weight excluding hydrogens is 206 g/mol. The molecule has 0 unspecified atom stereocenters. The van der Waals surface area contributed by atoms with E-state index in [4.69, 9.17) is 11.5 Å². The summed E-state index contributed by atoms with van der Waals surface area (Å²) in [6, 6.07) is 0. The summed E-state index contributed by atoms with van der Waals surface area (Å²) in [4.78, 5) is 18.3. The van der Waals surface area contributed by atoms with E-state index in [2.05, 4.69) is 19.9 Å². The number of fused-ring (bicyclic) bond motifs is 1. The third-order valence-corrected chi connectivity index (χ3v) is 2.18. The SMILES string of the molecule is CN(Cc1ncc2nccnc2n1)C(N)N. The smallest absolute Gasteiger partial charge is 0.181 e. The maximum absolute atomic E-state index is 5.52. The monoisotopic (exact) mass is 219 g/mol. The molecular formula is C9H13N7. The second-order valence-corrected chi connectivity index (χ2v) is 3.46. The van der Waals surface area contributed by atoms with Gasteiger partial charge in [0.2, 0.25) is 0 Å². The maximum Gasteiger partial charge on any atom is 0.181 e. The van der Waals surface area contributed by atoms with Crippen molar-refractivity contribution in [2.75, 3.05) is 7.05 Å². The number of aromatic nitrogens is 4. The molecule has 0 saturated heterocycles. The second kappa shape index (κ2) is 4.44. The molecule has 2 aromatic heterocycles. The first-order chi connectivity index (χ1) is 7.66. The van der Waals surface area contributed by atoms with Crippen LogP contribution in [0, 0.1) is 0 Å². The van der Waals surface area contributed by atoms with E-state index >= 15 is 0 Å². The van der Waals surface area contributed by atoms with Crippen molar-refractivity contribution < 1.29 is 0 Å². The Morgan fingerprint density at radius 3 is 2.75 bits per heavy atom. The van der Waals surface area contributed by atoms with Gasteiger partial charge in [-0.25, -0.2) is 19.9 Å². The normalized spacial score (nSPS) is 11.6. The zero-order valence-corrected chi connectivity index (χ0v) is 8.91. The molecule has 0 bridgehead atoms. The third-order valence-electron chi connectivity index (χ3n) is 2.18. The molecule has 2 heterocycles. The Morgan fingerprint density at radius 1 is 1.25 bits per heavy atom. The highest BCUT2D eigenvalue weighted by Gasteiger charge is 2.08. The first-order valence-corrected chi connectivity index (χ1v) is 4.81. The van der Waals surface area contributed by atoms with E-state index in [-0.39, 0.29) is 0 Å². The quantitative estimate of drug-likeness (QED) is 0.641. The Hall–Kier alpha value is -1.70. The fourth-order valence-electron chi connectivity index (χ4n) is 1.21. The number of rotatable bonds is 3. The van der Waals surface area contributed by atoms with Gasteiger partial charge in [0.15, 0.2) is 5.65 Å². The van der Waals surface area contributed by atoms with Crippen molar-refractivity contribution in [2.45, 2.75) is 12.8 Å². The van der Waals surface area contributed by atoms with Gasteiger partial charge in [0.1, 0.15) is 17.6 Å². The molecule has 84 valence electrons. The molecule has 0 aliphatic heterocycles. The fraction of sp³-hybridized carbons (Fsp3) is 0.333.